The van der Waals surface area contributed by atoms with Crippen LogP contribution in [0, 0.1) is 0 Å². The van der Waals surface area contributed by atoms with Crippen LogP contribution in [0.4, 0.5) is 0 Å². The Morgan fingerprint density at radius 1 is 1.29 bits per heavy atom. The van der Waals surface area contributed by atoms with Gasteiger partial charge < -0.3 is 5.32 Å². The average molecular weight is 294 g/mol. The van der Waals surface area contributed by atoms with E-state index in [-0.39, 0.29) is 0 Å². The lowest BCUT2D eigenvalue weighted by Gasteiger charge is -2.06. The summed E-state index contributed by atoms with van der Waals surface area (Å²) in [5.74, 6) is 0. The van der Waals surface area contributed by atoms with E-state index >= 15 is 0 Å². The highest BCUT2D eigenvalue weighted by molar-refractivity contribution is 9.10. The Labute approximate surface area is 110 Å². The van der Waals surface area contributed by atoms with Crippen molar-refractivity contribution < 1.29 is 0 Å². The number of rotatable bonds is 4. The Kier molecular flexibility index (Phi) is 3.97. The van der Waals surface area contributed by atoms with E-state index in [1.54, 1.807) is 0 Å². The zero-order valence-electron chi connectivity index (χ0n) is 10.0. The molecule has 0 amide bonds. The van der Waals surface area contributed by atoms with Crippen LogP contribution < -0.4 is 5.32 Å². The lowest BCUT2D eigenvalue weighted by molar-refractivity contribution is 0.578. The fraction of sp³-hybridized carbons (Fsp3) is 0.308. The summed E-state index contributed by atoms with van der Waals surface area (Å²) in [6.07, 6.45) is 1.98. The summed E-state index contributed by atoms with van der Waals surface area (Å²) in [5.41, 5.74) is 2.11. The van der Waals surface area contributed by atoms with Crippen LogP contribution in [0.25, 0.3) is 5.69 Å². The Hall–Kier alpha value is -1.13. The average Bonchev–Trinajstić information content (AvgIpc) is 2.75. The van der Waals surface area contributed by atoms with Gasteiger partial charge in [0.1, 0.15) is 0 Å². The van der Waals surface area contributed by atoms with Gasteiger partial charge in [-0.1, -0.05) is 26.0 Å². The van der Waals surface area contributed by atoms with Gasteiger partial charge in [-0.05, 0) is 34.1 Å². The van der Waals surface area contributed by atoms with Gasteiger partial charge in [0, 0.05) is 23.3 Å². The van der Waals surface area contributed by atoms with Gasteiger partial charge in [0.05, 0.1) is 11.4 Å². The third kappa shape index (κ3) is 3.17. The maximum Gasteiger partial charge on any atom is 0.0787 e. The van der Waals surface area contributed by atoms with Crippen molar-refractivity contribution in [3.8, 4) is 5.69 Å². The van der Waals surface area contributed by atoms with Crippen LogP contribution >= 0.6 is 15.9 Å². The number of nitrogens with one attached hydrogen (secondary N) is 1. The first-order chi connectivity index (χ1) is 8.16. The molecule has 0 unspecified atom stereocenters. The van der Waals surface area contributed by atoms with Crippen molar-refractivity contribution in [1.82, 2.24) is 15.1 Å². The Bertz CT molecular complexity index is 491. The number of halogens is 1. The number of nitrogens with zero attached hydrogens (tertiary/aromatic N) is 2. The van der Waals surface area contributed by atoms with Gasteiger partial charge in [0.2, 0.25) is 0 Å². The molecule has 0 saturated heterocycles. The van der Waals surface area contributed by atoms with Gasteiger partial charge in [-0.3, -0.25) is 0 Å². The van der Waals surface area contributed by atoms with Crippen LogP contribution in [0.5, 0.6) is 0 Å². The fourth-order valence-electron chi connectivity index (χ4n) is 1.54. The fourth-order valence-corrected chi connectivity index (χ4v) is 2.00. The minimum Gasteiger partial charge on any atom is -0.309 e. The molecule has 1 N–H and O–H groups in total. The van der Waals surface area contributed by atoms with E-state index in [2.05, 4.69) is 40.2 Å². The third-order valence-electron chi connectivity index (χ3n) is 2.44. The molecule has 1 aromatic carbocycles. The van der Waals surface area contributed by atoms with E-state index in [9.17, 15) is 0 Å². The van der Waals surface area contributed by atoms with Gasteiger partial charge in [0.25, 0.3) is 0 Å². The van der Waals surface area contributed by atoms with E-state index in [1.807, 2.05) is 41.2 Å². The number of benzene rings is 1. The second-order valence-electron chi connectivity index (χ2n) is 4.24. The molecule has 3 nitrogen and oxygen atoms in total. The SMILES string of the molecule is CC(C)NCc1ccn(-c2ccccc2Br)n1. The molecule has 0 atom stereocenters. The number of aromatic nitrogens is 2. The Morgan fingerprint density at radius 2 is 2.06 bits per heavy atom. The van der Waals surface area contributed by atoms with Crippen molar-refractivity contribution in [2.24, 2.45) is 0 Å². The number of para-hydroxylation sites is 1. The highest BCUT2D eigenvalue weighted by Crippen LogP contribution is 2.19. The Morgan fingerprint density at radius 3 is 2.76 bits per heavy atom. The molecule has 0 radical (unpaired) electrons. The molecule has 1 aromatic heterocycles. The van der Waals surface area contributed by atoms with Crippen LogP contribution in [-0.4, -0.2) is 15.8 Å². The molecule has 90 valence electrons. The molecule has 0 spiro atoms. The van der Waals surface area contributed by atoms with Crippen LogP contribution in [-0.2, 0) is 6.54 Å². The van der Waals surface area contributed by atoms with E-state index in [0.717, 1.165) is 22.4 Å². The highest BCUT2D eigenvalue weighted by atomic mass is 79.9. The minimum absolute atomic E-state index is 0.476. The molecule has 2 rings (SSSR count). The maximum absolute atomic E-state index is 4.54. The van der Waals surface area contributed by atoms with Crippen molar-refractivity contribution in [3.63, 3.8) is 0 Å². The van der Waals surface area contributed by atoms with Crippen molar-refractivity contribution in [1.29, 1.82) is 0 Å². The molecule has 1 heterocycles. The molecule has 2 aromatic rings. The Balaban J connectivity index is 2.16. The van der Waals surface area contributed by atoms with Crippen LogP contribution in [0.15, 0.2) is 41.0 Å². The summed E-state index contributed by atoms with van der Waals surface area (Å²) in [5, 5.41) is 7.89. The molecule has 0 aliphatic carbocycles. The first-order valence-electron chi connectivity index (χ1n) is 5.69. The summed E-state index contributed by atoms with van der Waals surface area (Å²) in [7, 11) is 0. The second kappa shape index (κ2) is 5.47. The number of hydrogen-bond acceptors (Lipinski definition) is 2. The van der Waals surface area contributed by atoms with Gasteiger partial charge >= 0.3 is 0 Å². The topological polar surface area (TPSA) is 29.9 Å². The summed E-state index contributed by atoms with van der Waals surface area (Å²) in [4.78, 5) is 0. The van der Waals surface area contributed by atoms with Crippen LogP contribution in [0.1, 0.15) is 19.5 Å². The summed E-state index contributed by atoms with van der Waals surface area (Å²) in [6.45, 7) is 5.06. The first kappa shape index (κ1) is 12.3. The molecular weight excluding hydrogens is 278 g/mol. The zero-order valence-corrected chi connectivity index (χ0v) is 11.6. The van der Waals surface area contributed by atoms with Gasteiger partial charge in [0.15, 0.2) is 0 Å². The molecule has 0 fully saturated rings. The van der Waals surface area contributed by atoms with E-state index in [1.165, 1.54) is 0 Å². The lowest BCUT2D eigenvalue weighted by Crippen LogP contribution is -2.22. The summed E-state index contributed by atoms with van der Waals surface area (Å²) >= 11 is 3.53. The molecule has 0 aliphatic rings. The quantitative estimate of drug-likeness (QED) is 0.939. The molecule has 17 heavy (non-hydrogen) atoms. The van der Waals surface area contributed by atoms with Crippen molar-refractivity contribution in [3.05, 3.63) is 46.7 Å². The van der Waals surface area contributed by atoms with E-state index in [0.29, 0.717) is 6.04 Å². The van der Waals surface area contributed by atoms with Crippen molar-refractivity contribution >= 4 is 15.9 Å². The molecule has 0 bridgehead atoms. The van der Waals surface area contributed by atoms with Gasteiger partial charge in [-0.15, -0.1) is 0 Å². The largest absolute Gasteiger partial charge is 0.309 e. The van der Waals surface area contributed by atoms with Crippen LogP contribution in [0.2, 0.25) is 0 Å². The molecule has 0 saturated carbocycles. The summed E-state index contributed by atoms with van der Waals surface area (Å²) in [6, 6.07) is 10.6. The zero-order chi connectivity index (χ0) is 12.3. The minimum atomic E-state index is 0.476. The molecule has 0 aliphatic heterocycles. The highest BCUT2D eigenvalue weighted by Gasteiger charge is 2.04. The predicted octanol–water partition coefficient (Wildman–Crippen LogP) is 3.13. The monoisotopic (exact) mass is 293 g/mol. The number of hydrogen-bond donors (Lipinski definition) is 1. The lowest BCUT2D eigenvalue weighted by atomic mass is 10.3. The molecule has 4 heteroatoms. The maximum atomic E-state index is 4.54. The van der Waals surface area contributed by atoms with Crippen LogP contribution in [0.3, 0.4) is 0 Å². The van der Waals surface area contributed by atoms with Crippen molar-refractivity contribution in [2.75, 3.05) is 0 Å². The normalized spacial score (nSPS) is 11.1. The standard InChI is InChI=1S/C13H16BrN3/c1-10(2)15-9-11-7-8-17(16-11)13-6-4-3-5-12(13)14/h3-8,10,15H,9H2,1-2H3. The van der Waals surface area contributed by atoms with Gasteiger partial charge in [-0.2, -0.15) is 5.10 Å². The molecular formula is C13H16BrN3. The van der Waals surface area contributed by atoms with E-state index in [4.69, 9.17) is 0 Å². The first-order valence-corrected chi connectivity index (χ1v) is 6.49. The van der Waals surface area contributed by atoms with Gasteiger partial charge in [-0.25, -0.2) is 4.68 Å². The third-order valence-corrected chi connectivity index (χ3v) is 3.11. The second-order valence-corrected chi connectivity index (χ2v) is 5.09. The predicted molar refractivity (Wildman–Crippen MR) is 73.2 cm³/mol. The summed E-state index contributed by atoms with van der Waals surface area (Å²) < 4.78 is 2.94. The van der Waals surface area contributed by atoms with Crippen molar-refractivity contribution in [2.45, 2.75) is 26.4 Å². The van der Waals surface area contributed by atoms with E-state index < -0.39 is 0 Å². The smallest absolute Gasteiger partial charge is 0.0787 e.